The highest BCUT2D eigenvalue weighted by Crippen LogP contribution is 2.46. The summed E-state index contributed by atoms with van der Waals surface area (Å²) >= 11 is 0. The number of carbonyl (C=O) groups excluding carboxylic acids is 1. The maximum atomic E-state index is 12.4. The van der Waals surface area contributed by atoms with Crippen molar-refractivity contribution in [3.8, 4) is 6.07 Å². The molecule has 0 bridgehead atoms. The molecule has 3 saturated heterocycles. The van der Waals surface area contributed by atoms with Crippen LogP contribution in [0, 0.1) is 11.3 Å². The second-order valence-corrected chi connectivity index (χ2v) is 9.11. The molecular formula is C25H40N4O3. The zero-order valence-corrected chi connectivity index (χ0v) is 20.2. The van der Waals surface area contributed by atoms with Crippen LogP contribution in [0.25, 0.3) is 0 Å². The molecule has 2 unspecified atom stereocenters. The van der Waals surface area contributed by atoms with Gasteiger partial charge in [0.05, 0.1) is 30.7 Å². The number of fused-ring (bicyclic) bond motifs is 2. The number of piperidine rings is 1. The summed E-state index contributed by atoms with van der Waals surface area (Å²) in [5, 5.41) is 12.3. The van der Waals surface area contributed by atoms with Crippen LogP contribution in [0.5, 0.6) is 0 Å². The van der Waals surface area contributed by atoms with Crippen molar-refractivity contribution in [1.29, 1.82) is 5.26 Å². The number of nitrogens with zero attached hydrogens (tertiary/aromatic N) is 3. The molecule has 5 rings (SSSR count). The number of benzene rings is 1. The third kappa shape index (κ3) is 4.69. The fraction of sp³-hybridized carbons (Fsp3) is 0.680. The first-order chi connectivity index (χ1) is 15.4. The van der Waals surface area contributed by atoms with E-state index in [-0.39, 0.29) is 25.2 Å². The Morgan fingerprint density at radius 2 is 1.81 bits per heavy atom. The van der Waals surface area contributed by atoms with Crippen LogP contribution < -0.4 is 5.32 Å². The molecule has 1 N–H and O–H groups in total. The van der Waals surface area contributed by atoms with E-state index < -0.39 is 5.41 Å². The highest BCUT2D eigenvalue weighted by molar-refractivity contribution is 6.06. The van der Waals surface area contributed by atoms with Gasteiger partial charge in [-0.2, -0.15) is 5.26 Å². The Kier molecular flexibility index (Phi) is 7.94. The second kappa shape index (κ2) is 10.3. The molecule has 4 heterocycles. The number of carbonyl (C=O) groups is 1. The standard InChI is InChI=1S/C15H17N3O.C8H15NO2.C2H6.H2/c1-10(2)18-9-15(7-11(18)8-16)12-5-3-4-6-13(12)17-14(15)19;1-9-4-2-8(3-5-9)10-6-7-11-8;1-2;/h3-6,10-11H,7,9H2,1-2H3,(H,17,19);2-7H2,1H3;1-2H3;1H. The van der Waals surface area contributed by atoms with Gasteiger partial charge in [-0.3, -0.25) is 9.69 Å². The summed E-state index contributed by atoms with van der Waals surface area (Å²) in [4.78, 5) is 16.9. The van der Waals surface area contributed by atoms with Gasteiger partial charge in [0.25, 0.3) is 0 Å². The highest BCUT2D eigenvalue weighted by Gasteiger charge is 2.55. The number of amides is 1. The van der Waals surface area contributed by atoms with Crippen LogP contribution in [0.1, 0.15) is 53.9 Å². The van der Waals surface area contributed by atoms with Gasteiger partial charge in [0.15, 0.2) is 5.79 Å². The molecule has 1 aromatic rings. The first-order valence-electron chi connectivity index (χ1n) is 11.9. The Hall–Kier alpha value is -1.98. The van der Waals surface area contributed by atoms with Crippen LogP contribution in [0.4, 0.5) is 5.69 Å². The van der Waals surface area contributed by atoms with E-state index in [9.17, 15) is 10.1 Å². The molecule has 1 aromatic carbocycles. The fourth-order valence-corrected chi connectivity index (χ4v) is 5.07. The van der Waals surface area contributed by atoms with Gasteiger partial charge in [0.2, 0.25) is 5.91 Å². The number of nitrogens with one attached hydrogen (secondary N) is 1. The summed E-state index contributed by atoms with van der Waals surface area (Å²) in [5.74, 6) is -0.149. The maximum Gasteiger partial charge on any atom is 0.236 e. The predicted molar refractivity (Wildman–Crippen MR) is 127 cm³/mol. The van der Waals surface area contributed by atoms with Crippen LogP contribution in [0.15, 0.2) is 24.3 Å². The molecule has 3 fully saturated rings. The SMILES string of the molecule is CC.CC(C)N1CC2(CC1C#N)C(=O)Nc1ccccc12.CN1CCC2(CC1)OCCO2.[HH]. The lowest BCUT2D eigenvalue weighted by Gasteiger charge is -2.35. The number of rotatable bonds is 1. The minimum atomic E-state index is -0.540. The molecule has 0 aliphatic carbocycles. The largest absolute Gasteiger partial charge is 0.347 e. The third-order valence-electron chi connectivity index (χ3n) is 6.89. The van der Waals surface area contributed by atoms with Crippen LogP contribution in [0.3, 0.4) is 0 Å². The average molecular weight is 445 g/mol. The molecule has 178 valence electrons. The van der Waals surface area contributed by atoms with Gasteiger partial charge in [0.1, 0.15) is 0 Å². The molecule has 0 radical (unpaired) electrons. The van der Waals surface area contributed by atoms with E-state index in [1.165, 1.54) is 0 Å². The van der Waals surface area contributed by atoms with E-state index in [0.29, 0.717) is 13.0 Å². The minimum Gasteiger partial charge on any atom is -0.347 e. The first-order valence-corrected chi connectivity index (χ1v) is 11.9. The van der Waals surface area contributed by atoms with Gasteiger partial charge in [-0.25, -0.2) is 0 Å². The number of hydrogen-bond acceptors (Lipinski definition) is 6. The first kappa shape index (κ1) is 24.7. The number of hydrogen-bond donors (Lipinski definition) is 1. The smallest absolute Gasteiger partial charge is 0.236 e. The van der Waals surface area contributed by atoms with E-state index in [0.717, 1.165) is 50.4 Å². The molecule has 7 nitrogen and oxygen atoms in total. The van der Waals surface area contributed by atoms with Gasteiger partial charge in [-0.1, -0.05) is 32.0 Å². The number of nitriles is 1. The molecule has 0 saturated carbocycles. The van der Waals surface area contributed by atoms with E-state index >= 15 is 0 Å². The Labute approximate surface area is 194 Å². The summed E-state index contributed by atoms with van der Waals surface area (Å²) < 4.78 is 11.2. The maximum absolute atomic E-state index is 12.4. The predicted octanol–water partition coefficient (Wildman–Crippen LogP) is 3.61. The summed E-state index contributed by atoms with van der Waals surface area (Å²) in [6.45, 7) is 12.5. The zero-order chi connectivity index (χ0) is 23.4. The van der Waals surface area contributed by atoms with Gasteiger partial charge >= 0.3 is 0 Å². The van der Waals surface area contributed by atoms with Crippen molar-refractivity contribution < 1.29 is 15.7 Å². The average Bonchev–Trinajstić information content (AvgIpc) is 3.50. The summed E-state index contributed by atoms with van der Waals surface area (Å²) in [5.41, 5.74) is 1.40. The normalized spacial score (nSPS) is 28.5. The van der Waals surface area contributed by atoms with Crippen molar-refractivity contribution in [1.82, 2.24) is 9.80 Å². The highest BCUT2D eigenvalue weighted by atomic mass is 16.7. The Balaban J connectivity index is 0.000000235. The molecule has 4 aliphatic rings. The number of likely N-dealkylation sites (tertiary alicyclic amines) is 2. The Morgan fingerprint density at radius 3 is 2.38 bits per heavy atom. The van der Waals surface area contributed by atoms with E-state index in [1.54, 1.807) is 0 Å². The molecule has 4 aliphatic heterocycles. The van der Waals surface area contributed by atoms with Crippen molar-refractivity contribution in [3.05, 3.63) is 29.8 Å². The Morgan fingerprint density at radius 1 is 1.19 bits per heavy atom. The molecule has 7 heteroatoms. The molecule has 2 spiro atoms. The number of para-hydroxylation sites is 1. The van der Waals surface area contributed by atoms with E-state index in [2.05, 4.69) is 42.1 Å². The van der Waals surface area contributed by atoms with Crippen molar-refractivity contribution in [2.45, 2.75) is 70.2 Å². The molecule has 1 amide bonds. The lowest BCUT2D eigenvalue weighted by atomic mass is 9.80. The van der Waals surface area contributed by atoms with E-state index in [1.807, 2.05) is 38.1 Å². The van der Waals surface area contributed by atoms with E-state index in [4.69, 9.17) is 9.47 Å². The van der Waals surface area contributed by atoms with Crippen LogP contribution in [-0.2, 0) is 19.7 Å². The fourth-order valence-electron chi connectivity index (χ4n) is 5.07. The van der Waals surface area contributed by atoms with Gasteiger partial charge in [0, 0.05) is 45.6 Å². The van der Waals surface area contributed by atoms with Crippen molar-refractivity contribution in [2.75, 3.05) is 45.2 Å². The topological polar surface area (TPSA) is 77.8 Å². The van der Waals surface area contributed by atoms with Crippen molar-refractivity contribution >= 4 is 11.6 Å². The van der Waals surface area contributed by atoms with Crippen LogP contribution in [0.2, 0.25) is 0 Å². The monoisotopic (exact) mass is 444 g/mol. The van der Waals surface area contributed by atoms with Gasteiger partial charge in [-0.15, -0.1) is 0 Å². The molecule has 32 heavy (non-hydrogen) atoms. The molecule has 0 aromatic heterocycles. The summed E-state index contributed by atoms with van der Waals surface area (Å²) in [7, 11) is 2.14. The quantitative estimate of drug-likeness (QED) is 0.713. The van der Waals surface area contributed by atoms with Crippen LogP contribution in [-0.4, -0.2) is 73.5 Å². The van der Waals surface area contributed by atoms with Gasteiger partial charge in [-0.05, 0) is 38.9 Å². The molecule has 2 atom stereocenters. The lowest BCUT2D eigenvalue weighted by Crippen LogP contribution is -2.43. The zero-order valence-electron chi connectivity index (χ0n) is 20.2. The van der Waals surface area contributed by atoms with Gasteiger partial charge < -0.3 is 19.7 Å². The Bertz CT molecular complexity index is 827. The lowest BCUT2D eigenvalue weighted by molar-refractivity contribution is -0.183. The minimum absolute atomic E-state index is 0. The van der Waals surface area contributed by atoms with Crippen LogP contribution >= 0.6 is 0 Å². The third-order valence-corrected chi connectivity index (χ3v) is 6.89. The number of anilines is 1. The van der Waals surface area contributed by atoms with Crippen molar-refractivity contribution in [2.24, 2.45) is 0 Å². The number of ether oxygens (including phenoxy) is 2. The second-order valence-electron chi connectivity index (χ2n) is 9.11. The summed E-state index contributed by atoms with van der Waals surface area (Å²) in [6.07, 6.45) is 2.65. The molecular weight excluding hydrogens is 404 g/mol. The summed E-state index contributed by atoms with van der Waals surface area (Å²) in [6, 6.07) is 10.3. The van der Waals surface area contributed by atoms with Crippen molar-refractivity contribution in [3.63, 3.8) is 0 Å².